The van der Waals surface area contributed by atoms with E-state index in [1.54, 1.807) is 0 Å². The van der Waals surface area contributed by atoms with E-state index in [2.05, 4.69) is 4.74 Å². The van der Waals surface area contributed by atoms with Gasteiger partial charge in [-0.05, 0) is 0 Å². The molecule has 0 atom stereocenters. The van der Waals surface area contributed by atoms with Crippen LogP contribution in [0.5, 0.6) is 0 Å². The molecule has 4 radical (unpaired) electrons. The summed E-state index contributed by atoms with van der Waals surface area (Å²) in [5.41, 5.74) is 0. The van der Waals surface area contributed by atoms with E-state index in [1.807, 2.05) is 0 Å². The summed E-state index contributed by atoms with van der Waals surface area (Å²) in [5.74, 6) is 0. The normalized spacial score (nSPS) is 18.0. The molecule has 1 heterocycles. The molecule has 0 bridgehead atoms. The van der Waals surface area contributed by atoms with E-state index in [9.17, 15) is 0 Å². The first-order valence-corrected chi connectivity index (χ1v) is 1.08. The van der Waals surface area contributed by atoms with E-state index >= 15 is 0 Å². The van der Waals surface area contributed by atoms with Crippen LogP contribution in [0.15, 0.2) is 0 Å². The molecule has 1 aliphatic rings. The smallest absolute Gasteiger partial charge is 0.0701 e. The van der Waals surface area contributed by atoms with Gasteiger partial charge >= 0.3 is 0 Å². The molecule has 22 valence electrons. The molecule has 0 aromatic carbocycles. The molecule has 0 aliphatic carbocycles. The van der Waals surface area contributed by atoms with Crippen molar-refractivity contribution in [2.75, 3.05) is 13.2 Å². The Balaban J connectivity index is 0.0000000900. The Morgan fingerprint density at radius 2 is 1.50 bits per heavy atom. The Morgan fingerprint density at radius 3 is 1.50 bits per heavy atom. The second-order valence-corrected chi connectivity index (χ2v) is 0.612. The second kappa shape index (κ2) is 1.79. The summed E-state index contributed by atoms with van der Waals surface area (Å²) >= 11 is 0. The van der Waals surface area contributed by atoms with Crippen LogP contribution in [0.4, 0.5) is 0 Å². The van der Waals surface area contributed by atoms with Crippen molar-refractivity contribution in [3.05, 3.63) is 0 Å². The minimum atomic E-state index is 0. The summed E-state index contributed by atoms with van der Waals surface area (Å²) in [6, 6.07) is 0. The van der Waals surface area contributed by atoms with E-state index < -0.39 is 0 Å². The van der Waals surface area contributed by atoms with E-state index in [0.29, 0.717) is 0 Å². The maximum absolute atomic E-state index is 4.50. The standard InChI is InChI=1S/C2H4O.Ge/c1-2-3-1;/h1-2H2;. The number of ether oxygens (including phenoxy) is 1. The predicted octanol–water partition coefficient (Wildman–Crippen LogP) is -0.364. The minimum absolute atomic E-state index is 0. The first-order chi connectivity index (χ1) is 1.50. The van der Waals surface area contributed by atoms with Crippen molar-refractivity contribution in [2.45, 2.75) is 0 Å². The van der Waals surface area contributed by atoms with Gasteiger partial charge in [-0.15, -0.1) is 0 Å². The van der Waals surface area contributed by atoms with Crippen LogP contribution < -0.4 is 0 Å². The zero-order valence-electron chi connectivity index (χ0n) is 2.32. The molecular weight excluding hydrogens is 113 g/mol. The molecule has 1 rings (SSSR count). The monoisotopic (exact) mass is 118 g/mol. The Hall–Kier alpha value is 0.503. The summed E-state index contributed by atoms with van der Waals surface area (Å²) in [6.07, 6.45) is 0. The SMILES string of the molecule is C1CO1.[Ge]. The summed E-state index contributed by atoms with van der Waals surface area (Å²) in [5, 5.41) is 0. The van der Waals surface area contributed by atoms with Gasteiger partial charge in [-0.3, -0.25) is 0 Å². The molecule has 1 fully saturated rings. The molecule has 1 nitrogen and oxygen atoms in total. The minimum Gasteiger partial charge on any atom is -0.377 e. The Morgan fingerprint density at radius 1 is 1.25 bits per heavy atom. The van der Waals surface area contributed by atoms with Crippen LogP contribution in [0.25, 0.3) is 0 Å². The third-order valence-corrected chi connectivity index (χ3v) is 0.204. The van der Waals surface area contributed by atoms with E-state index in [0.717, 1.165) is 13.2 Å². The van der Waals surface area contributed by atoms with Gasteiger partial charge in [0.05, 0.1) is 13.2 Å². The van der Waals surface area contributed by atoms with Crippen molar-refractivity contribution in [3.63, 3.8) is 0 Å². The van der Waals surface area contributed by atoms with Gasteiger partial charge in [0.15, 0.2) is 0 Å². The third kappa shape index (κ3) is 2.50. The van der Waals surface area contributed by atoms with Crippen molar-refractivity contribution in [1.82, 2.24) is 0 Å². The van der Waals surface area contributed by atoms with Gasteiger partial charge < -0.3 is 4.74 Å². The van der Waals surface area contributed by atoms with Crippen molar-refractivity contribution in [3.8, 4) is 0 Å². The summed E-state index contributed by atoms with van der Waals surface area (Å²) < 4.78 is 4.50. The van der Waals surface area contributed by atoms with Crippen LogP contribution in [-0.4, -0.2) is 30.8 Å². The molecule has 0 aromatic heterocycles. The second-order valence-electron chi connectivity index (χ2n) is 0.612. The molecule has 1 saturated heterocycles. The Labute approximate surface area is 36.3 Å². The maximum Gasteiger partial charge on any atom is 0.0701 e. The maximum atomic E-state index is 4.50. The average molecular weight is 117 g/mol. The number of hydrogen-bond donors (Lipinski definition) is 0. The van der Waals surface area contributed by atoms with Gasteiger partial charge in [0.25, 0.3) is 0 Å². The summed E-state index contributed by atoms with van der Waals surface area (Å²) in [4.78, 5) is 0. The molecule has 0 amide bonds. The fourth-order valence-corrected chi connectivity index (χ4v) is 0. The quantitative estimate of drug-likeness (QED) is 0.311. The first kappa shape index (κ1) is 4.50. The van der Waals surface area contributed by atoms with Gasteiger partial charge in [0.2, 0.25) is 0 Å². The van der Waals surface area contributed by atoms with Crippen molar-refractivity contribution < 1.29 is 4.74 Å². The fourth-order valence-electron chi connectivity index (χ4n) is 0. The molecule has 0 unspecified atom stereocenters. The van der Waals surface area contributed by atoms with E-state index in [1.165, 1.54) is 0 Å². The van der Waals surface area contributed by atoms with E-state index in [-0.39, 0.29) is 17.6 Å². The molecule has 1 aliphatic heterocycles. The number of rotatable bonds is 0. The summed E-state index contributed by atoms with van der Waals surface area (Å²) in [7, 11) is 0. The van der Waals surface area contributed by atoms with Gasteiger partial charge in [0, 0.05) is 17.6 Å². The number of hydrogen-bond acceptors (Lipinski definition) is 1. The van der Waals surface area contributed by atoms with Gasteiger partial charge in [0.1, 0.15) is 0 Å². The van der Waals surface area contributed by atoms with Crippen LogP contribution >= 0.6 is 0 Å². The predicted molar refractivity (Wildman–Crippen MR) is 16.6 cm³/mol. The van der Waals surface area contributed by atoms with Gasteiger partial charge in [-0.25, -0.2) is 0 Å². The van der Waals surface area contributed by atoms with E-state index in [4.69, 9.17) is 0 Å². The van der Waals surface area contributed by atoms with Crippen LogP contribution in [0.3, 0.4) is 0 Å². The molecule has 4 heavy (non-hydrogen) atoms. The zero-order valence-corrected chi connectivity index (χ0v) is 4.42. The largest absolute Gasteiger partial charge is 0.377 e. The van der Waals surface area contributed by atoms with Crippen LogP contribution in [0.1, 0.15) is 0 Å². The molecule has 2 heteroatoms. The molecular formula is C2H4GeO. The number of epoxide rings is 1. The summed E-state index contributed by atoms with van der Waals surface area (Å²) in [6.45, 7) is 2.00. The van der Waals surface area contributed by atoms with Gasteiger partial charge in [-0.1, -0.05) is 0 Å². The molecule has 0 saturated carbocycles. The first-order valence-electron chi connectivity index (χ1n) is 1.08. The van der Waals surface area contributed by atoms with Gasteiger partial charge in [-0.2, -0.15) is 0 Å². The average Bonchev–Trinajstić information content (AvgIpc) is 1.46. The molecule has 0 aromatic rings. The zero-order chi connectivity index (χ0) is 2.12. The Bertz CT molecular complexity index is 10.8. The van der Waals surface area contributed by atoms with Crippen LogP contribution in [-0.2, 0) is 4.74 Å². The molecule has 0 spiro atoms. The topological polar surface area (TPSA) is 12.5 Å². The van der Waals surface area contributed by atoms with Crippen molar-refractivity contribution in [2.24, 2.45) is 0 Å². The third-order valence-electron chi connectivity index (χ3n) is 0.204. The molecule has 0 N–H and O–H groups in total. The van der Waals surface area contributed by atoms with Crippen molar-refractivity contribution >= 4 is 17.6 Å². The Kier molecular flexibility index (Phi) is 2.01. The van der Waals surface area contributed by atoms with Crippen LogP contribution in [0, 0.1) is 0 Å². The fraction of sp³-hybridized carbons (Fsp3) is 1.00. The van der Waals surface area contributed by atoms with Crippen molar-refractivity contribution in [1.29, 1.82) is 0 Å². The van der Waals surface area contributed by atoms with Crippen LogP contribution in [0.2, 0.25) is 0 Å².